The molecule has 2 aliphatic rings. The Bertz CT molecular complexity index is 846. The standard InChI is InChI=1S/C36H58/c1-9-12-28-14-16-30(17-15-28)31-18-20-32(21-19-31)34(4,5)26-27-35(6,7)33(11-3)36(8)24-22-29(13-10-2)23-25-36/h11,18-21,26-30H,9-10,12-17,22-25H2,1-8H3. The van der Waals surface area contributed by atoms with Crippen LogP contribution >= 0.6 is 0 Å². The summed E-state index contributed by atoms with van der Waals surface area (Å²) in [6.45, 7) is 19.1. The van der Waals surface area contributed by atoms with Crippen molar-refractivity contribution in [2.75, 3.05) is 0 Å². The molecule has 0 atom stereocenters. The van der Waals surface area contributed by atoms with E-state index in [9.17, 15) is 0 Å². The Morgan fingerprint density at radius 1 is 0.806 bits per heavy atom. The minimum atomic E-state index is 0.0348. The summed E-state index contributed by atoms with van der Waals surface area (Å²) in [7, 11) is 0. The average molecular weight is 491 g/mol. The smallest absolute Gasteiger partial charge is 0.00756 e. The van der Waals surface area contributed by atoms with Crippen molar-refractivity contribution in [3.05, 3.63) is 59.2 Å². The third kappa shape index (κ3) is 7.17. The van der Waals surface area contributed by atoms with E-state index in [4.69, 9.17) is 0 Å². The largest absolute Gasteiger partial charge is 0.0870 e. The Morgan fingerprint density at radius 2 is 1.33 bits per heavy atom. The highest BCUT2D eigenvalue weighted by Gasteiger charge is 2.39. The molecule has 0 spiro atoms. The highest BCUT2D eigenvalue weighted by atomic mass is 14.4. The molecule has 0 bridgehead atoms. The lowest BCUT2D eigenvalue weighted by Gasteiger charge is -2.45. The van der Waals surface area contributed by atoms with Gasteiger partial charge in [-0.3, -0.25) is 0 Å². The third-order valence-electron chi connectivity index (χ3n) is 10.1. The van der Waals surface area contributed by atoms with Gasteiger partial charge in [-0.2, -0.15) is 0 Å². The summed E-state index contributed by atoms with van der Waals surface area (Å²) in [5.41, 5.74) is 5.10. The highest BCUT2D eigenvalue weighted by molar-refractivity contribution is 5.35. The van der Waals surface area contributed by atoms with Crippen molar-refractivity contribution in [1.82, 2.24) is 0 Å². The Morgan fingerprint density at radius 3 is 1.83 bits per heavy atom. The van der Waals surface area contributed by atoms with Crippen LogP contribution in [0.1, 0.15) is 149 Å². The predicted octanol–water partition coefficient (Wildman–Crippen LogP) is 11.6. The molecular formula is C36H58. The van der Waals surface area contributed by atoms with Gasteiger partial charge in [-0.1, -0.05) is 122 Å². The molecule has 2 saturated carbocycles. The summed E-state index contributed by atoms with van der Waals surface area (Å²) >= 11 is 0. The van der Waals surface area contributed by atoms with Crippen LogP contribution in [-0.4, -0.2) is 0 Å². The highest BCUT2D eigenvalue weighted by Crippen LogP contribution is 2.51. The number of allylic oxidation sites excluding steroid dienone is 4. The lowest BCUT2D eigenvalue weighted by Crippen LogP contribution is -2.33. The van der Waals surface area contributed by atoms with E-state index in [0.29, 0.717) is 5.41 Å². The van der Waals surface area contributed by atoms with Crippen LogP contribution in [-0.2, 0) is 5.41 Å². The number of hydrogen-bond acceptors (Lipinski definition) is 0. The molecule has 3 rings (SSSR count). The molecule has 0 unspecified atom stereocenters. The summed E-state index contributed by atoms with van der Waals surface area (Å²) in [6, 6.07) is 9.71. The molecule has 0 saturated heterocycles. The quantitative estimate of drug-likeness (QED) is 0.286. The van der Waals surface area contributed by atoms with E-state index >= 15 is 0 Å². The molecule has 0 aromatic heterocycles. The molecule has 0 heterocycles. The van der Waals surface area contributed by atoms with Crippen molar-refractivity contribution in [3.63, 3.8) is 0 Å². The van der Waals surface area contributed by atoms with Gasteiger partial charge in [0.05, 0.1) is 0 Å². The zero-order chi connectivity index (χ0) is 26.4. The molecule has 1 aromatic carbocycles. The van der Waals surface area contributed by atoms with Crippen LogP contribution in [0.2, 0.25) is 0 Å². The maximum Gasteiger partial charge on any atom is 0.00756 e. The van der Waals surface area contributed by atoms with Gasteiger partial charge in [0.1, 0.15) is 0 Å². The molecule has 0 aliphatic heterocycles. The Labute approximate surface area is 225 Å². The fraction of sp³-hybridized carbons (Fsp3) is 0.722. The van der Waals surface area contributed by atoms with Crippen LogP contribution in [0.5, 0.6) is 0 Å². The van der Waals surface area contributed by atoms with Gasteiger partial charge in [-0.25, -0.2) is 0 Å². The summed E-state index contributed by atoms with van der Waals surface area (Å²) in [5, 5.41) is 0. The van der Waals surface area contributed by atoms with Crippen LogP contribution in [0.3, 0.4) is 0 Å². The second-order valence-electron chi connectivity index (χ2n) is 13.9. The molecule has 0 amide bonds. The van der Waals surface area contributed by atoms with Gasteiger partial charge >= 0.3 is 0 Å². The summed E-state index contributed by atoms with van der Waals surface area (Å²) < 4.78 is 0. The Kier molecular flexibility index (Phi) is 10.2. The van der Waals surface area contributed by atoms with Crippen molar-refractivity contribution in [1.29, 1.82) is 0 Å². The van der Waals surface area contributed by atoms with Gasteiger partial charge < -0.3 is 0 Å². The van der Waals surface area contributed by atoms with Crippen LogP contribution in [0.15, 0.2) is 48.1 Å². The summed E-state index contributed by atoms with van der Waals surface area (Å²) in [4.78, 5) is 0. The average Bonchev–Trinajstić information content (AvgIpc) is 2.86. The molecule has 0 nitrogen and oxygen atoms in total. The lowest BCUT2D eigenvalue weighted by molar-refractivity contribution is 0.180. The predicted molar refractivity (Wildman–Crippen MR) is 161 cm³/mol. The molecule has 2 aliphatic carbocycles. The van der Waals surface area contributed by atoms with Gasteiger partial charge in [-0.05, 0) is 92.6 Å². The first-order valence-corrected chi connectivity index (χ1v) is 15.5. The van der Waals surface area contributed by atoms with Crippen molar-refractivity contribution in [2.24, 2.45) is 22.7 Å². The fourth-order valence-corrected chi connectivity index (χ4v) is 7.76. The van der Waals surface area contributed by atoms with E-state index in [0.717, 1.165) is 17.8 Å². The minimum absolute atomic E-state index is 0.0348. The van der Waals surface area contributed by atoms with Crippen molar-refractivity contribution >= 4 is 0 Å². The zero-order valence-electron chi connectivity index (χ0n) is 25.3. The maximum atomic E-state index is 2.54. The van der Waals surface area contributed by atoms with Gasteiger partial charge in [-0.15, -0.1) is 0 Å². The van der Waals surface area contributed by atoms with Crippen LogP contribution < -0.4 is 0 Å². The molecule has 0 radical (unpaired) electrons. The number of benzene rings is 1. The van der Waals surface area contributed by atoms with Gasteiger partial charge in [0.2, 0.25) is 0 Å². The lowest BCUT2D eigenvalue weighted by atomic mass is 9.60. The first kappa shape index (κ1) is 29.3. The Hall–Kier alpha value is -1.30. The van der Waals surface area contributed by atoms with Crippen LogP contribution in [0.25, 0.3) is 0 Å². The van der Waals surface area contributed by atoms with Gasteiger partial charge in [0, 0.05) is 10.8 Å². The van der Waals surface area contributed by atoms with Crippen molar-refractivity contribution in [2.45, 2.75) is 144 Å². The molecule has 0 N–H and O–H groups in total. The normalized spacial score (nSPS) is 28.6. The number of hydrogen-bond donors (Lipinski definition) is 0. The van der Waals surface area contributed by atoms with E-state index in [2.05, 4.69) is 97.9 Å². The first-order valence-electron chi connectivity index (χ1n) is 15.5. The first-order chi connectivity index (χ1) is 17.0. The van der Waals surface area contributed by atoms with E-state index in [-0.39, 0.29) is 10.8 Å². The van der Waals surface area contributed by atoms with Gasteiger partial charge in [0.15, 0.2) is 0 Å². The molecule has 0 heteroatoms. The van der Waals surface area contributed by atoms with Crippen LogP contribution in [0.4, 0.5) is 0 Å². The summed E-state index contributed by atoms with van der Waals surface area (Å²) in [5.74, 6) is 2.71. The molecule has 2 fully saturated rings. The minimum Gasteiger partial charge on any atom is -0.0870 e. The van der Waals surface area contributed by atoms with E-state index in [1.807, 2.05) is 0 Å². The molecular weight excluding hydrogens is 432 g/mol. The van der Waals surface area contributed by atoms with Crippen molar-refractivity contribution < 1.29 is 0 Å². The van der Waals surface area contributed by atoms with Crippen LogP contribution in [0, 0.1) is 22.7 Å². The van der Waals surface area contributed by atoms with E-state index in [1.165, 1.54) is 82.6 Å². The summed E-state index contributed by atoms with van der Waals surface area (Å²) in [6.07, 6.45) is 24.1. The molecule has 1 aromatic rings. The number of rotatable bonds is 10. The molecule has 36 heavy (non-hydrogen) atoms. The Balaban J connectivity index is 1.67. The third-order valence-corrected chi connectivity index (χ3v) is 10.1. The molecule has 202 valence electrons. The second kappa shape index (κ2) is 12.5. The van der Waals surface area contributed by atoms with E-state index in [1.54, 1.807) is 11.1 Å². The monoisotopic (exact) mass is 490 g/mol. The van der Waals surface area contributed by atoms with E-state index < -0.39 is 0 Å². The maximum absolute atomic E-state index is 2.54. The zero-order valence-corrected chi connectivity index (χ0v) is 25.3. The SMILES string of the molecule is CC=C(C(C)(C)C=CC(C)(C)c1ccc(C2CCC(CCC)CC2)cc1)C1(C)CCC(CCC)CC1. The van der Waals surface area contributed by atoms with Gasteiger partial charge in [0.25, 0.3) is 0 Å². The fourth-order valence-electron chi connectivity index (χ4n) is 7.76. The topological polar surface area (TPSA) is 0 Å². The second-order valence-corrected chi connectivity index (χ2v) is 13.9. The van der Waals surface area contributed by atoms with Crippen molar-refractivity contribution in [3.8, 4) is 0 Å².